The Hall–Kier alpha value is -5.21. The van der Waals surface area contributed by atoms with Gasteiger partial charge < -0.3 is 4.57 Å². The number of hydrogen-bond donors (Lipinski definition) is 0. The Morgan fingerprint density at radius 2 is 0.902 bits per heavy atom. The third-order valence-electron chi connectivity index (χ3n) is 13.3. The summed E-state index contributed by atoms with van der Waals surface area (Å²) in [5.41, 5.74) is 17.0. The molecule has 51 heavy (non-hydrogen) atoms. The fraction of sp³-hybridized carbons (Fsp3) is 0.245. The van der Waals surface area contributed by atoms with Crippen molar-refractivity contribution in [3.63, 3.8) is 0 Å². The first-order valence-corrected chi connectivity index (χ1v) is 18.4. The van der Waals surface area contributed by atoms with E-state index in [-0.39, 0.29) is 27.4 Å². The predicted octanol–water partition coefficient (Wildman–Crippen LogP) is 11.9. The van der Waals surface area contributed by atoms with Gasteiger partial charge in [0.1, 0.15) is 0 Å². The number of rotatable bonds is 1. The van der Waals surface area contributed by atoms with Crippen LogP contribution in [0.1, 0.15) is 116 Å². The summed E-state index contributed by atoms with van der Waals surface area (Å²) in [6.45, 7) is 18.6. The molecule has 0 radical (unpaired) electrons. The molecule has 10 rings (SSSR count). The summed E-state index contributed by atoms with van der Waals surface area (Å²) in [4.78, 5) is 14.9. The summed E-state index contributed by atoms with van der Waals surface area (Å²) in [6, 6.07) is 42.5. The van der Waals surface area contributed by atoms with Crippen LogP contribution in [-0.4, -0.2) is 10.4 Å². The van der Waals surface area contributed by atoms with E-state index in [9.17, 15) is 4.79 Å². The molecule has 0 N–H and O–H groups in total. The van der Waals surface area contributed by atoms with E-state index >= 15 is 0 Å². The number of fused-ring (bicyclic) bond motifs is 10. The molecule has 0 bridgehead atoms. The second-order valence-corrected chi connectivity index (χ2v) is 17.4. The smallest absolute Gasteiger partial charge is 0.193 e. The van der Waals surface area contributed by atoms with Crippen molar-refractivity contribution in [1.29, 1.82) is 0 Å². The third kappa shape index (κ3) is 3.70. The molecule has 0 aliphatic heterocycles. The fourth-order valence-electron chi connectivity index (χ4n) is 10.3. The monoisotopic (exact) mass is 661 g/mol. The van der Waals surface area contributed by atoms with Crippen LogP contribution >= 0.6 is 0 Å². The minimum absolute atomic E-state index is 0.108. The van der Waals surface area contributed by atoms with Gasteiger partial charge >= 0.3 is 0 Å². The van der Waals surface area contributed by atoms with Crippen LogP contribution in [0.25, 0.3) is 38.6 Å². The Labute approximate surface area is 300 Å². The minimum Gasteiger partial charge on any atom is -0.309 e. The van der Waals surface area contributed by atoms with Crippen LogP contribution in [0.3, 0.4) is 0 Å². The van der Waals surface area contributed by atoms with Gasteiger partial charge in [-0.2, -0.15) is 0 Å². The van der Waals surface area contributed by atoms with E-state index in [1.165, 1.54) is 60.8 Å². The molecule has 1 heterocycles. The van der Waals surface area contributed by atoms with Gasteiger partial charge in [-0.05, 0) is 92.0 Å². The number of nitrogens with zero attached hydrogens (tertiary/aromatic N) is 1. The van der Waals surface area contributed by atoms with E-state index in [1.807, 2.05) is 0 Å². The van der Waals surface area contributed by atoms with Crippen LogP contribution in [0.4, 0.5) is 0 Å². The highest BCUT2D eigenvalue weighted by Gasteiger charge is 2.45. The van der Waals surface area contributed by atoms with E-state index in [0.29, 0.717) is 0 Å². The van der Waals surface area contributed by atoms with Gasteiger partial charge in [-0.1, -0.05) is 134 Å². The van der Waals surface area contributed by atoms with Crippen molar-refractivity contribution >= 4 is 27.6 Å². The molecule has 0 saturated carbocycles. The van der Waals surface area contributed by atoms with Crippen molar-refractivity contribution in [2.75, 3.05) is 0 Å². The SMILES string of the molecule is CC1(C)c2ccc(-n3c4ccccc4c4cc5c(cc43)C(C)(C)c3ccccc3-5)cc2C(=O)c2cc3c(cc21)C(C)(C)c1ccccc1C3(C)C. The topological polar surface area (TPSA) is 22.0 Å². The van der Waals surface area contributed by atoms with Crippen molar-refractivity contribution in [2.45, 2.75) is 77.0 Å². The standard InChI is InChI=1S/C49H43NO/c1-46(2)35-17-11-9-15-29(35)31-24-32-30-16-10-14-20-43(30)50(44(32)27-40(31)46)28-21-22-36-33(23-28)45(51)34-25-41-42(26-39(34)47(36,3)4)49(7,8)38-19-13-12-18-37(38)48(41,5)6/h9-27H,1-8H3. The van der Waals surface area contributed by atoms with E-state index in [0.717, 1.165) is 33.5 Å². The van der Waals surface area contributed by atoms with Crippen LogP contribution in [0.5, 0.6) is 0 Å². The maximum absolute atomic E-state index is 14.9. The molecule has 3 aliphatic carbocycles. The van der Waals surface area contributed by atoms with Gasteiger partial charge in [-0.15, -0.1) is 0 Å². The van der Waals surface area contributed by atoms with Gasteiger partial charge in [-0.25, -0.2) is 0 Å². The van der Waals surface area contributed by atoms with Gasteiger partial charge in [0.15, 0.2) is 5.78 Å². The van der Waals surface area contributed by atoms with E-state index in [4.69, 9.17) is 0 Å². The van der Waals surface area contributed by atoms with E-state index in [1.54, 1.807) is 0 Å². The molecule has 3 aliphatic rings. The minimum atomic E-state index is -0.346. The molecule has 7 aromatic rings. The van der Waals surface area contributed by atoms with Gasteiger partial charge in [0, 0.05) is 49.2 Å². The summed E-state index contributed by atoms with van der Waals surface area (Å²) in [5, 5.41) is 2.47. The molecule has 1 aromatic heterocycles. The predicted molar refractivity (Wildman–Crippen MR) is 211 cm³/mol. The summed E-state index contributed by atoms with van der Waals surface area (Å²) in [7, 11) is 0. The normalized spacial score (nSPS) is 18.1. The van der Waals surface area contributed by atoms with Gasteiger partial charge in [0.2, 0.25) is 0 Å². The van der Waals surface area contributed by atoms with Crippen LogP contribution in [0.15, 0.2) is 115 Å². The van der Waals surface area contributed by atoms with Gasteiger partial charge in [0.05, 0.1) is 11.0 Å². The lowest BCUT2D eigenvalue weighted by molar-refractivity contribution is 0.103. The zero-order chi connectivity index (χ0) is 35.4. The van der Waals surface area contributed by atoms with Crippen molar-refractivity contribution in [3.05, 3.63) is 171 Å². The molecule has 250 valence electrons. The molecule has 0 fully saturated rings. The average molecular weight is 662 g/mol. The molecule has 0 spiro atoms. The Bertz CT molecular complexity index is 2710. The lowest BCUT2D eigenvalue weighted by Crippen LogP contribution is -2.39. The second-order valence-electron chi connectivity index (χ2n) is 17.4. The highest BCUT2D eigenvalue weighted by atomic mass is 16.1. The average Bonchev–Trinajstić information content (AvgIpc) is 3.56. The molecule has 2 heteroatoms. The quantitative estimate of drug-likeness (QED) is 0.172. The Balaban J connectivity index is 1.19. The number of carbonyl (C=O) groups excluding carboxylic acids is 1. The molecule has 2 nitrogen and oxygen atoms in total. The number of para-hydroxylation sites is 1. The number of hydrogen-bond acceptors (Lipinski definition) is 1. The maximum Gasteiger partial charge on any atom is 0.193 e. The van der Waals surface area contributed by atoms with Crippen LogP contribution in [0, 0.1) is 0 Å². The number of carbonyl (C=O) groups is 1. The third-order valence-corrected chi connectivity index (χ3v) is 13.3. The molecular formula is C49H43NO. The lowest BCUT2D eigenvalue weighted by atomic mass is 9.57. The summed E-state index contributed by atoms with van der Waals surface area (Å²) >= 11 is 0. The Morgan fingerprint density at radius 1 is 0.373 bits per heavy atom. The summed E-state index contributed by atoms with van der Waals surface area (Å²) in [5.74, 6) is 0.120. The van der Waals surface area contributed by atoms with Crippen LogP contribution in [-0.2, 0) is 21.7 Å². The highest BCUT2D eigenvalue weighted by Crippen LogP contribution is 2.54. The maximum atomic E-state index is 14.9. The van der Waals surface area contributed by atoms with Crippen LogP contribution < -0.4 is 0 Å². The molecular weight excluding hydrogens is 619 g/mol. The molecule has 0 atom stereocenters. The Kier molecular flexibility index (Phi) is 5.74. The zero-order valence-electron chi connectivity index (χ0n) is 30.8. The van der Waals surface area contributed by atoms with E-state index in [2.05, 4.69) is 175 Å². The first-order valence-electron chi connectivity index (χ1n) is 18.4. The zero-order valence-corrected chi connectivity index (χ0v) is 30.8. The van der Waals surface area contributed by atoms with Crippen molar-refractivity contribution < 1.29 is 4.79 Å². The van der Waals surface area contributed by atoms with Gasteiger partial charge in [0.25, 0.3) is 0 Å². The number of ketones is 1. The second kappa shape index (κ2) is 9.56. The molecule has 0 unspecified atom stereocenters. The Morgan fingerprint density at radius 3 is 1.61 bits per heavy atom. The molecule has 0 amide bonds. The highest BCUT2D eigenvalue weighted by molar-refractivity contribution is 6.15. The molecule has 0 saturated heterocycles. The van der Waals surface area contributed by atoms with Crippen molar-refractivity contribution in [3.8, 4) is 16.8 Å². The number of benzene rings is 6. The van der Waals surface area contributed by atoms with Crippen LogP contribution in [0.2, 0.25) is 0 Å². The number of aromatic nitrogens is 1. The van der Waals surface area contributed by atoms with Crippen molar-refractivity contribution in [2.24, 2.45) is 0 Å². The largest absolute Gasteiger partial charge is 0.309 e. The van der Waals surface area contributed by atoms with E-state index < -0.39 is 0 Å². The summed E-state index contributed by atoms with van der Waals surface area (Å²) < 4.78 is 2.38. The van der Waals surface area contributed by atoms with Crippen molar-refractivity contribution in [1.82, 2.24) is 4.57 Å². The first kappa shape index (κ1) is 30.6. The first-order chi connectivity index (χ1) is 24.2. The summed E-state index contributed by atoms with van der Waals surface area (Å²) in [6.07, 6.45) is 0. The lowest BCUT2D eigenvalue weighted by Gasteiger charge is -2.46. The fourth-order valence-corrected chi connectivity index (χ4v) is 10.3. The molecule has 6 aromatic carbocycles. The van der Waals surface area contributed by atoms with Gasteiger partial charge in [-0.3, -0.25) is 4.79 Å².